The van der Waals surface area contributed by atoms with E-state index >= 15 is 0 Å². The molecule has 0 atom stereocenters. The number of hydrogen-bond acceptors (Lipinski definition) is 4. The van der Waals surface area contributed by atoms with Crippen LogP contribution in [0.4, 0.5) is 0 Å². The van der Waals surface area contributed by atoms with Crippen molar-refractivity contribution in [1.29, 1.82) is 0 Å². The summed E-state index contributed by atoms with van der Waals surface area (Å²) < 4.78 is 10.0. The van der Waals surface area contributed by atoms with Gasteiger partial charge in [0.05, 0.1) is 6.61 Å². The van der Waals surface area contributed by atoms with E-state index in [4.69, 9.17) is 9.47 Å². The maximum absolute atomic E-state index is 10.9. The van der Waals surface area contributed by atoms with Crippen LogP contribution < -0.4 is 5.32 Å². The van der Waals surface area contributed by atoms with Crippen LogP contribution in [0.15, 0.2) is 12.2 Å². The molecule has 1 saturated heterocycles. The van der Waals surface area contributed by atoms with Gasteiger partial charge in [-0.1, -0.05) is 6.08 Å². The number of rotatable bonds is 5. The third-order valence-corrected chi connectivity index (χ3v) is 2.29. The number of esters is 1. The zero-order valence-corrected chi connectivity index (χ0v) is 9.20. The zero-order chi connectivity index (χ0) is 10.9. The Kier molecular flexibility index (Phi) is 6.04. The zero-order valence-electron chi connectivity index (χ0n) is 9.20. The quantitative estimate of drug-likeness (QED) is 0.544. The van der Waals surface area contributed by atoms with Crippen molar-refractivity contribution in [3.05, 3.63) is 12.2 Å². The fraction of sp³-hybridized carbons (Fsp3) is 0.727. The van der Waals surface area contributed by atoms with Crippen molar-refractivity contribution >= 4 is 5.97 Å². The number of nitrogens with one attached hydrogen (secondary N) is 1. The Morgan fingerprint density at radius 3 is 2.93 bits per heavy atom. The Morgan fingerprint density at radius 2 is 2.27 bits per heavy atom. The standard InChI is InChI=1S/C11H19NO3/c1-2-15-11(13)4-3-7-12-10-5-8-14-9-6-10/h3-4,10,12H,2,5-9H2,1H3/b4-3+. The first-order valence-electron chi connectivity index (χ1n) is 5.47. The number of hydrogen-bond donors (Lipinski definition) is 1. The van der Waals surface area contributed by atoms with Gasteiger partial charge in [-0.15, -0.1) is 0 Å². The van der Waals surface area contributed by atoms with Gasteiger partial charge in [0.15, 0.2) is 0 Å². The largest absolute Gasteiger partial charge is 0.463 e. The monoisotopic (exact) mass is 213 g/mol. The number of carbonyl (C=O) groups is 1. The molecule has 1 rings (SSSR count). The maximum atomic E-state index is 10.9. The van der Waals surface area contributed by atoms with Gasteiger partial charge in [0.1, 0.15) is 0 Å². The van der Waals surface area contributed by atoms with E-state index in [1.165, 1.54) is 6.08 Å². The molecule has 0 unspecified atom stereocenters. The lowest BCUT2D eigenvalue weighted by Crippen LogP contribution is -2.34. The SMILES string of the molecule is CCOC(=O)/C=C/CNC1CCOCC1. The van der Waals surface area contributed by atoms with Gasteiger partial charge >= 0.3 is 5.97 Å². The first-order valence-corrected chi connectivity index (χ1v) is 5.47. The fourth-order valence-corrected chi connectivity index (χ4v) is 1.48. The molecule has 0 spiro atoms. The minimum Gasteiger partial charge on any atom is -0.463 e. The molecule has 0 aromatic carbocycles. The van der Waals surface area contributed by atoms with E-state index in [1.54, 1.807) is 13.0 Å². The average Bonchev–Trinajstić information content (AvgIpc) is 2.26. The van der Waals surface area contributed by atoms with Crippen LogP contribution in [0.1, 0.15) is 19.8 Å². The highest BCUT2D eigenvalue weighted by atomic mass is 16.5. The summed E-state index contributed by atoms with van der Waals surface area (Å²) in [5.74, 6) is -0.272. The normalized spacial score (nSPS) is 18.2. The van der Waals surface area contributed by atoms with E-state index in [0.29, 0.717) is 19.2 Å². The summed E-state index contributed by atoms with van der Waals surface area (Å²) in [4.78, 5) is 10.9. The van der Waals surface area contributed by atoms with Crippen molar-refractivity contribution in [2.24, 2.45) is 0 Å². The lowest BCUT2D eigenvalue weighted by atomic mass is 10.1. The molecule has 4 heteroatoms. The Labute approximate surface area is 90.6 Å². The Bertz CT molecular complexity index is 210. The average molecular weight is 213 g/mol. The second kappa shape index (κ2) is 7.43. The molecule has 1 fully saturated rings. The summed E-state index contributed by atoms with van der Waals surface area (Å²) in [5.41, 5.74) is 0. The second-order valence-corrected chi connectivity index (χ2v) is 3.45. The van der Waals surface area contributed by atoms with Gasteiger partial charge in [0, 0.05) is 31.9 Å². The minimum atomic E-state index is -0.272. The highest BCUT2D eigenvalue weighted by Crippen LogP contribution is 2.05. The van der Waals surface area contributed by atoms with Crippen LogP contribution in [0.2, 0.25) is 0 Å². The van der Waals surface area contributed by atoms with Crippen LogP contribution in [0.25, 0.3) is 0 Å². The minimum absolute atomic E-state index is 0.272. The molecule has 86 valence electrons. The number of ether oxygens (including phenoxy) is 2. The van der Waals surface area contributed by atoms with Crippen LogP contribution >= 0.6 is 0 Å². The summed E-state index contributed by atoms with van der Waals surface area (Å²) in [5, 5.41) is 3.34. The van der Waals surface area contributed by atoms with Crippen molar-refractivity contribution in [3.8, 4) is 0 Å². The smallest absolute Gasteiger partial charge is 0.330 e. The molecule has 1 aliphatic heterocycles. The van der Waals surface area contributed by atoms with Crippen molar-refractivity contribution in [2.45, 2.75) is 25.8 Å². The second-order valence-electron chi connectivity index (χ2n) is 3.45. The van der Waals surface area contributed by atoms with E-state index in [-0.39, 0.29) is 5.97 Å². The van der Waals surface area contributed by atoms with Gasteiger partial charge < -0.3 is 14.8 Å². The molecular weight excluding hydrogens is 194 g/mol. The van der Waals surface area contributed by atoms with E-state index in [9.17, 15) is 4.79 Å². The third kappa shape index (κ3) is 5.54. The van der Waals surface area contributed by atoms with Crippen molar-refractivity contribution in [1.82, 2.24) is 5.32 Å². The molecule has 0 aromatic heterocycles. The van der Waals surface area contributed by atoms with Gasteiger partial charge in [0.2, 0.25) is 0 Å². The molecule has 0 amide bonds. The molecule has 0 aliphatic carbocycles. The highest BCUT2D eigenvalue weighted by Gasteiger charge is 2.11. The molecule has 0 bridgehead atoms. The molecule has 1 N–H and O–H groups in total. The van der Waals surface area contributed by atoms with Crippen LogP contribution in [0.3, 0.4) is 0 Å². The Morgan fingerprint density at radius 1 is 1.53 bits per heavy atom. The maximum Gasteiger partial charge on any atom is 0.330 e. The van der Waals surface area contributed by atoms with E-state index in [1.807, 2.05) is 0 Å². The molecule has 0 aromatic rings. The Balaban J connectivity index is 2.06. The Hall–Kier alpha value is -0.870. The summed E-state index contributed by atoms with van der Waals surface area (Å²) in [6.07, 6.45) is 5.36. The van der Waals surface area contributed by atoms with Crippen molar-refractivity contribution in [2.75, 3.05) is 26.4 Å². The van der Waals surface area contributed by atoms with Crippen LogP contribution in [0, 0.1) is 0 Å². The fourth-order valence-electron chi connectivity index (χ4n) is 1.48. The third-order valence-electron chi connectivity index (χ3n) is 2.29. The molecule has 0 radical (unpaired) electrons. The molecule has 1 heterocycles. The summed E-state index contributed by atoms with van der Waals surface area (Å²) >= 11 is 0. The summed E-state index contributed by atoms with van der Waals surface area (Å²) in [7, 11) is 0. The van der Waals surface area contributed by atoms with Gasteiger partial charge in [-0.3, -0.25) is 0 Å². The number of carbonyl (C=O) groups excluding carboxylic acids is 1. The van der Waals surface area contributed by atoms with Crippen LogP contribution in [0.5, 0.6) is 0 Å². The summed E-state index contributed by atoms with van der Waals surface area (Å²) in [6.45, 7) is 4.60. The predicted octanol–water partition coefficient (Wildman–Crippen LogP) is 0.874. The van der Waals surface area contributed by atoms with Gasteiger partial charge in [-0.05, 0) is 19.8 Å². The van der Waals surface area contributed by atoms with Gasteiger partial charge in [-0.25, -0.2) is 4.79 Å². The van der Waals surface area contributed by atoms with E-state index < -0.39 is 0 Å². The predicted molar refractivity (Wildman–Crippen MR) is 57.6 cm³/mol. The van der Waals surface area contributed by atoms with Crippen LogP contribution in [-0.2, 0) is 14.3 Å². The van der Waals surface area contributed by atoms with E-state index in [2.05, 4.69) is 5.32 Å². The highest BCUT2D eigenvalue weighted by molar-refractivity contribution is 5.81. The lowest BCUT2D eigenvalue weighted by Gasteiger charge is -2.22. The molecule has 0 saturated carbocycles. The van der Waals surface area contributed by atoms with E-state index in [0.717, 1.165) is 26.1 Å². The summed E-state index contributed by atoms with van der Waals surface area (Å²) in [6, 6.07) is 0.519. The topological polar surface area (TPSA) is 47.6 Å². The molecule has 4 nitrogen and oxygen atoms in total. The van der Waals surface area contributed by atoms with Crippen molar-refractivity contribution < 1.29 is 14.3 Å². The molecular formula is C11H19NO3. The molecule has 15 heavy (non-hydrogen) atoms. The first-order chi connectivity index (χ1) is 7.33. The van der Waals surface area contributed by atoms with Gasteiger partial charge in [-0.2, -0.15) is 0 Å². The van der Waals surface area contributed by atoms with Crippen LogP contribution in [-0.4, -0.2) is 38.4 Å². The van der Waals surface area contributed by atoms with Gasteiger partial charge in [0.25, 0.3) is 0 Å². The molecule has 1 aliphatic rings. The first kappa shape index (κ1) is 12.2. The lowest BCUT2D eigenvalue weighted by molar-refractivity contribution is -0.137. The van der Waals surface area contributed by atoms with Crippen molar-refractivity contribution in [3.63, 3.8) is 0 Å².